The zero-order chi connectivity index (χ0) is 13.8. The van der Waals surface area contributed by atoms with Gasteiger partial charge in [0.1, 0.15) is 17.7 Å². The van der Waals surface area contributed by atoms with Crippen LogP contribution in [0.25, 0.3) is 0 Å². The molecule has 2 rings (SSSR count). The topological polar surface area (TPSA) is 135 Å². The minimum Gasteiger partial charge on any atom is -0.478 e. The van der Waals surface area contributed by atoms with Crippen molar-refractivity contribution < 1.29 is 9.90 Å². The lowest BCUT2D eigenvalue weighted by Crippen LogP contribution is -2.10. The summed E-state index contributed by atoms with van der Waals surface area (Å²) >= 11 is 1.13. The monoisotopic (exact) mass is 279 g/mol. The predicted molar refractivity (Wildman–Crippen MR) is 67.8 cm³/mol. The lowest BCUT2D eigenvalue weighted by molar-refractivity contribution is 0.0695. The number of carboxylic acids is 1. The van der Waals surface area contributed by atoms with Gasteiger partial charge in [-0.1, -0.05) is 11.8 Å². The molecular weight excluding hydrogens is 270 g/mol. The van der Waals surface area contributed by atoms with Gasteiger partial charge in [-0.3, -0.25) is 4.79 Å². The zero-order valence-corrected chi connectivity index (χ0v) is 10.3. The van der Waals surface area contributed by atoms with Gasteiger partial charge in [-0.25, -0.2) is 19.7 Å². The molecule has 0 radical (unpaired) electrons. The van der Waals surface area contributed by atoms with E-state index in [1.807, 2.05) is 0 Å². The van der Waals surface area contributed by atoms with E-state index in [0.29, 0.717) is 10.9 Å². The van der Waals surface area contributed by atoms with E-state index in [9.17, 15) is 9.59 Å². The molecule has 0 fully saturated rings. The minimum absolute atomic E-state index is 0.0150. The molecule has 98 valence electrons. The molecule has 0 bridgehead atoms. The summed E-state index contributed by atoms with van der Waals surface area (Å²) in [4.78, 5) is 36.1. The van der Waals surface area contributed by atoms with Gasteiger partial charge in [-0.2, -0.15) is 0 Å². The molecule has 9 heteroatoms. The fourth-order valence-electron chi connectivity index (χ4n) is 1.31. The average Bonchev–Trinajstić information content (AvgIpc) is 2.35. The average molecular weight is 279 g/mol. The van der Waals surface area contributed by atoms with E-state index in [0.717, 1.165) is 17.8 Å². The van der Waals surface area contributed by atoms with E-state index in [-0.39, 0.29) is 22.7 Å². The smallest absolute Gasteiger partial charge is 0.339 e. The van der Waals surface area contributed by atoms with Crippen molar-refractivity contribution in [3.05, 3.63) is 40.2 Å². The van der Waals surface area contributed by atoms with Gasteiger partial charge in [0.05, 0.1) is 5.69 Å². The maximum atomic E-state index is 11.2. The SMILES string of the molecule is Nc1cc(=O)[nH]c(SCc2ncncc2C(=O)O)n1. The van der Waals surface area contributed by atoms with Gasteiger partial charge < -0.3 is 15.8 Å². The number of aromatic carboxylic acids is 1. The maximum absolute atomic E-state index is 11.2. The number of H-pyrrole nitrogens is 1. The van der Waals surface area contributed by atoms with E-state index >= 15 is 0 Å². The van der Waals surface area contributed by atoms with Crippen molar-refractivity contribution in [2.75, 3.05) is 5.73 Å². The summed E-state index contributed by atoms with van der Waals surface area (Å²) in [5.41, 5.74) is 5.44. The highest BCUT2D eigenvalue weighted by atomic mass is 32.2. The fraction of sp³-hybridized carbons (Fsp3) is 0.100. The number of carboxylic acid groups (broad SMARTS) is 1. The van der Waals surface area contributed by atoms with Crippen molar-refractivity contribution in [1.29, 1.82) is 0 Å². The third-order valence-corrected chi connectivity index (χ3v) is 3.00. The number of nitrogens with zero attached hydrogens (tertiary/aromatic N) is 3. The molecule has 0 aliphatic carbocycles. The highest BCUT2D eigenvalue weighted by molar-refractivity contribution is 7.98. The molecule has 0 aliphatic heterocycles. The Morgan fingerprint density at radius 1 is 1.53 bits per heavy atom. The van der Waals surface area contributed by atoms with Crippen LogP contribution in [0.2, 0.25) is 0 Å². The van der Waals surface area contributed by atoms with Crippen LogP contribution in [-0.2, 0) is 5.75 Å². The van der Waals surface area contributed by atoms with Gasteiger partial charge in [0, 0.05) is 18.0 Å². The molecule has 0 amide bonds. The first kappa shape index (κ1) is 13.0. The molecule has 0 aliphatic rings. The van der Waals surface area contributed by atoms with Crippen molar-refractivity contribution in [3.63, 3.8) is 0 Å². The van der Waals surface area contributed by atoms with Gasteiger partial charge in [-0.05, 0) is 0 Å². The molecule has 19 heavy (non-hydrogen) atoms. The molecule has 2 aromatic heterocycles. The number of rotatable bonds is 4. The number of aromatic amines is 1. The summed E-state index contributed by atoms with van der Waals surface area (Å²) in [6.45, 7) is 0. The molecule has 2 aromatic rings. The Balaban J connectivity index is 2.19. The number of thioether (sulfide) groups is 1. The maximum Gasteiger partial charge on any atom is 0.339 e. The van der Waals surface area contributed by atoms with Gasteiger partial charge in [0.25, 0.3) is 5.56 Å². The van der Waals surface area contributed by atoms with Crippen LogP contribution < -0.4 is 11.3 Å². The molecule has 2 heterocycles. The summed E-state index contributed by atoms with van der Waals surface area (Å²) in [6.07, 6.45) is 2.48. The summed E-state index contributed by atoms with van der Waals surface area (Å²) in [6, 6.07) is 1.16. The predicted octanol–water partition coefficient (Wildman–Crippen LogP) is 0.133. The zero-order valence-electron chi connectivity index (χ0n) is 9.53. The van der Waals surface area contributed by atoms with Crippen LogP contribution in [0.5, 0.6) is 0 Å². The number of nitrogens with one attached hydrogen (secondary N) is 1. The summed E-state index contributed by atoms with van der Waals surface area (Å²) in [5.74, 6) is -0.770. The van der Waals surface area contributed by atoms with Crippen LogP contribution in [-0.4, -0.2) is 31.0 Å². The highest BCUT2D eigenvalue weighted by Gasteiger charge is 2.12. The summed E-state index contributed by atoms with van der Waals surface area (Å²) in [5, 5.41) is 9.27. The van der Waals surface area contributed by atoms with Crippen molar-refractivity contribution in [1.82, 2.24) is 19.9 Å². The second-order valence-electron chi connectivity index (χ2n) is 3.45. The van der Waals surface area contributed by atoms with Crippen molar-refractivity contribution in [3.8, 4) is 0 Å². The Labute approximate surface area is 111 Å². The number of aromatic nitrogens is 4. The van der Waals surface area contributed by atoms with Crippen LogP contribution in [0, 0.1) is 0 Å². The third kappa shape index (κ3) is 3.28. The molecular formula is C10H9N5O3S. The second kappa shape index (κ2) is 5.48. The molecule has 8 nitrogen and oxygen atoms in total. The third-order valence-electron chi connectivity index (χ3n) is 2.11. The minimum atomic E-state index is -1.11. The van der Waals surface area contributed by atoms with E-state index in [2.05, 4.69) is 19.9 Å². The quantitative estimate of drug-likeness (QED) is 0.531. The van der Waals surface area contributed by atoms with Gasteiger partial charge >= 0.3 is 5.97 Å². The van der Waals surface area contributed by atoms with Crippen molar-refractivity contribution in [2.24, 2.45) is 0 Å². The molecule has 0 spiro atoms. The number of nitrogen functional groups attached to an aromatic ring is 1. The summed E-state index contributed by atoms with van der Waals surface area (Å²) in [7, 11) is 0. The van der Waals surface area contributed by atoms with Crippen LogP contribution >= 0.6 is 11.8 Å². The molecule has 0 unspecified atom stereocenters. The molecule has 0 aromatic carbocycles. The van der Waals surface area contributed by atoms with E-state index in [1.165, 1.54) is 12.5 Å². The fourth-order valence-corrected chi connectivity index (χ4v) is 2.15. The first-order valence-electron chi connectivity index (χ1n) is 5.08. The van der Waals surface area contributed by atoms with Crippen molar-refractivity contribution >= 4 is 23.5 Å². The summed E-state index contributed by atoms with van der Waals surface area (Å²) < 4.78 is 0. The number of hydrogen-bond acceptors (Lipinski definition) is 7. The molecule has 4 N–H and O–H groups in total. The first-order valence-corrected chi connectivity index (χ1v) is 6.06. The van der Waals surface area contributed by atoms with Crippen molar-refractivity contribution in [2.45, 2.75) is 10.9 Å². The number of nitrogens with two attached hydrogens (primary N) is 1. The van der Waals surface area contributed by atoms with E-state index in [1.54, 1.807) is 0 Å². The Kier molecular flexibility index (Phi) is 3.76. The van der Waals surface area contributed by atoms with Gasteiger partial charge in [-0.15, -0.1) is 0 Å². The number of carbonyl (C=O) groups is 1. The van der Waals surface area contributed by atoms with Crippen LogP contribution in [0.15, 0.2) is 28.5 Å². The molecule has 0 atom stereocenters. The molecule has 0 saturated carbocycles. The van der Waals surface area contributed by atoms with Crippen LogP contribution in [0.1, 0.15) is 16.1 Å². The Morgan fingerprint density at radius 2 is 2.32 bits per heavy atom. The Hall–Kier alpha value is -2.42. The molecule has 0 saturated heterocycles. The van der Waals surface area contributed by atoms with E-state index in [4.69, 9.17) is 10.8 Å². The number of hydrogen-bond donors (Lipinski definition) is 3. The number of anilines is 1. The Morgan fingerprint density at radius 3 is 3.00 bits per heavy atom. The lowest BCUT2D eigenvalue weighted by Gasteiger charge is -2.03. The van der Waals surface area contributed by atoms with E-state index < -0.39 is 5.97 Å². The second-order valence-corrected chi connectivity index (χ2v) is 4.42. The standard InChI is InChI=1S/C10H9N5O3S/c11-7-1-8(16)15-10(14-7)19-3-6-5(9(17)18)2-12-4-13-6/h1-2,4H,3H2,(H,17,18)(H3,11,14,15,16). The van der Waals surface area contributed by atoms with Gasteiger partial charge in [0.15, 0.2) is 5.16 Å². The first-order chi connectivity index (χ1) is 9.06. The highest BCUT2D eigenvalue weighted by Crippen LogP contribution is 2.19. The Bertz CT molecular complexity index is 672. The van der Waals surface area contributed by atoms with Gasteiger partial charge in [0.2, 0.25) is 0 Å². The van der Waals surface area contributed by atoms with Crippen LogP contribution in [0.3, 0.4) is 0 Å². The normalized spacial score (nSPS) is 10.3. The largest absolute Gasteiger partial charge is 0.478 e. The lowest BCUT2D eigenvalue weighted by atomic mass is 10.2. The van der Waals surface area contributed by atoms with Crippen LogP contribution in [0.4, 0.5) is 5.82 Å².